The Morgan fingerprint density at radius 3 is 2.52 bits per heavy atom. The maximum atomic E-state index is 13.6. The highest BCUT2D eigenvalue weighted by Crippen LogP contribution is 2.23. The second-order valence-corrected chi connectivity index (χ2v) is 6.96. The van der Waals surface area contributed by atoms with Crippen LogP contribution in [-0.4, -0.2) is 17.6 Å². The van der Waals surface area contributed by atoms with Gasteiger partial charge in [-0.3, -0.25) is 9.59 Å². The van der Waals surface area contributed by atoms with E-state index in [0.29, 0.717) is 16.3 Å². The molecule has 132 valence electrons. The van der Waals surface area contributed by atoms with E-state index in [0.717, 1.165) is 17.3 Å². The molecular weight excluding hydrogens is 339 g/mol. The molecule has 0 aromatic heterocycles. The van der Waals surface area contributed by atoms with Crippen molar-refractivity contribution in [3.8, 4) is 0 Å². The number of anilines is 2. The van der Waals surface area contributed by atoms with Crippen LogP contribution in [0.4, 0.5) is 15.8 Å². The summed E-state index contributed by atoms with van der Waals surface area (Å²) in [6, 6.07) is 11.7. The Hall–Kier alpha value is -2.34. The molecule has 0 heterocycles. The number of halogens is 1. The van der Waals surface area contributed by atoms with Gasteiger partial charge in [0, 0.05) is 22.2 Å². The summed E-state index contributed by atoms with van der Waals surface area (Å²) < 4.78 is 13.6. The van der Waals surface area contributed by atoms with E-state index in [1.165, 1.54) is 6.07 Å². The van der Waals surface area contributed by atoms with Gasteiger partial charge in [-0.1, -0.05) is 32.0 Å². The van der Waals surface area contributed by atoms with Gasteiger partial charge in [0.25, 0.3) is 0 Å². The van der Waals surface area contributed by atoms with Crippen LogP contribution < -0.4 is 10.6 Å². The van der Waals surface area contributed by atoms with Crippen molar-refractivity contribution in [1.82, 2.24) is 0 Å². The van der Waals surface area contributed by atoms with Gasteiger partial charge in [0.2, 0.25) is 11.8 Å². The summed E-state index contributed by atoms with van der Waals surface area (Å²) in [5, 5.41) is 5.61. The molecule has 2 N–H and O–H groups in total. The van der Waals surface area contributed by atoms with E-state index in [4.69, 9.17) is 0 Å². The van der Waals surface area contributed by atoms with Gasteiger partial charge in [-0.15, -0.1) is 11.8 Å². The van der Waals surface area contributed by atoms with Crippen LogP contribution in [-0.2, 0) is 9.59 Å². The van der Waals surface area contributed by atoms with E-state index >= 15 is 0 Å². The Morgan fingerprint density at radius 1 is 1.12 bits per heavy atom. The van der Waals surface area contributed by atoms with E-state index < -0.39 is 0 Å². The zero-order chi connectivity index (χ0) is 18.4. The molecule has 4 nitrogen and oxygen atoms in total. The van der Waals surface area contributed by atoms with Gasteiger partial charge < -0.3 is 10.6 Å². The summed E-state index contributed by atoms with van der Waals surface area (Å²) >= 11 is 1.14. The predicted molar refractivity (Wildman–Crippen MR) is 100 cm³/mol. The number of carbonyl (C=O) groups is 2. The van der Waals surface area contributed by atoms with Crippen molar-refractivity contribution in [2.24, 2.45) is 5.92 Å². The van der Waals surface area contributed by atoms with E-state index in [2.05, 4.69) is 10.6 Å². The third-order valence-corrected chi connectivity index (χ3v) is 4.55. The van der Waals surface area contributed by atoms with Crippen molar-refractivity contribution in [3.63, 3.8) is 0 Å². The lowest BCUT2D eigenvalue weighted by Crippen LogP contribution is -2.18. The van der Waals surface area contributed by atoms with Crippen LogP contribution in [0.15, 0.2) is 47.4 Å². The highest BCUT2D eigenvalue weighted by Gasteiger charge is 2.11. The number of aryl methyl sites for hydroxylation is 1. The Balaban J connectivity index is 2.00. The minimum absolute atomic E-state index is 0.0868. The normalized spacial score (nSPS) is 10.6. The summed E-state index contributed by atoms with van der Waals surface area (Å²) in [4.78, 5) is 24.4. The van der Waals surface area contributed by atoms with Gasteiger partial charge in [-0.05, 0) is 36.8 Å². The fourth-order valence-corrected chi connectivity index (χ4v) is 2.75. The van der Waals surface area contributed by atoms with E-state index in [9.17, 15) is 14.0 Å². The molecule has 2 rings (SSSR count). The molecule has 25 heavy (non-hydrogen) atoms. The maximum absolute atomic E-state index is 13.6. The standard InChI is InChI=1S/C19H21FN2O2S/c1-12(2)19(24)21-14-9-8-13(3)16(10-14)22-18(23)11-25-17-7-5-4-6-15(17)20/h4-10,12H,11H2,1-3H3,(H,21,24)(H,22,23). The smallest absolute Gasteiger partial charge is 0.234 e. The fraction of sp³-hybridized carbons (Fsp3) is 0.263. The first-order chi connectivity index (χ1) is 11.9. The largest absolute Gasteiger partial charge is 0.326 e. The Labute approximate surface area is 151 Å². The first-order valence-corrected chi connectivity index (χ1v) is 8.94. The molecule has 0 unspecified atom stereocenters. The molecule has 0 saturated heterocycles. The minimum atomic E-state index is -0.338. The van der Waals surface area contributed by atoms with Gasteiger partial charge >= 0.3 is 0 Å². The van der Waals surface area contributed by atoms with E-state index in [-0.39, 0.29) is 29.3 Å². The van der Waals surface area contributed by atoms with Crippen LogP contribution in [0.3, 0.4) is 0 Å². The lowest BCUT2D eigenvalue weighted by Gasteiger charge is -2.12. The SMILES string of the molecule is Cc1ccc(NC(=O)C(C)C)cc1NC(=O)CSc1ccccc1F. The molecule has 0 bridgehead atoms. The lowest BCUT2D eigenvalue weighted by atomic mass is 10.1. The van der Waals surface area contributed by atoms with Gasteiger partial charge in [0.1, 0.15) is 5.82 Å². The molecule has 0 atom stereocenters. The number of thioether (sulfide) groups is 1. The summed E-state index contributed by atoms with van der Waals surface area (Å²) in [6.45, 7) is 5.49. The van der Waals surface area contributed by atoms with Crippen molar-refractivity contribution < 1.29 is 14.0 Å². The molecule has 0 radical (unpaired) electrons. The monoisotopic (exact) mass is 360 g/mol. The average molecular weight is 360 g/mol. The quantitative estimate of drug-likeness (QED) is 0.748. The number of amides is 2. The molecule has 6 heteroatoms. The molecular formula is C19H21FN2O2S. The van der Waals surface area contributed by atoms with Crippen molar-refractivity contribution >= 4 is 35.0 Å². The number of hydrogen-bond acceptors (Lipinski definition) is 3. The Kier molecular flexibility index (Phi) is 6.58. The summed E-state index contributed by atoms with van der Waals surface area (Å²) in [6.07, 6.45) is 0. The topological polar surface area (TPSA) is 58.2 Å². The highest BCUT2D eigenvalue weighted by molar-refractivity contribution is 8.00. The first kappa shape index (κ1) is 19.0. The zero-order valence-corrected chi connectivity index (χ0v) is 15.2. The molecule has 0 aliphatic carbocycles. The Bertz CT molecular complexity index is 778. The van der Waals surface area contributed by atoms with Crippen LogP contribution in [0.2, 0.25) is 0 Å². The molecule has 0 aliphatic rings. The number of hydrogen-bond donors (Lipinski definition) is 2. The van der Waals surface area contributed by atoms with Crippen molar-refractivity contribution in [1.29, 1.82) is 0 Å². The third-order valence-electron chi connectivity index (χ3n) is 3.50. The highest BCUT2D eigenvalue weighted by atomic mass is 32.2. The lowest BCUT2D eigenvalue weighted by molar-refractivity contribution is -0.119. The predicted octanol–water partition coefficient (Wildman–Crippen LogP) is 4.46. The maximum Gasteiger partial charge on any atom is 0.234 e. The number of benzene rings is 2. The number of rotatable bonds is 6. The van der Waals surface area contributed by atoms with Gasteiger partial charge in [-0.2, -0.15) is 0 Å². The van der Waals surface area contributed by atoms with Crippen molar-refractivity contribution in [2.45, 2.75) is 25.7 Å². The number of nitrogens with one attached hydrogen (secondary N) is 2. The molecule has 0 saturated carbocycles. The third kappa shape index (κ3) is 5.60. The van der Waals surface area contributed by atoms with Gasteiger partial charge in [0.05, 0.1) is 5.75 Å². The minimum Gasteiger partial charge on any atom is -0.326 e. The molecule has 0 spiro atoms. The fourth-order valence-electron chi connectivity index (χ4n) is 2.01. The molecule has 2 aromatic rings. The van der Waals surface area contributed by atoms with Gasteiger partial charge in [-0.25, -0.2) is 4.39 Å². The van der Waals surface area contributed by atoms with Crippen LogP contribution in [0.1, 0.15) is 19.4 Å². The summed E-state index contributed by atoms with van der Waals surface area (Å²) in [7, 11) is 0. The van der Waals surface area contributed by atoms with E-state index in [1.54, 1.807) is 30.3 Å². The average Bonchev–Trinajstić information content (AvgIpc) is 2.57. The van der Waals surface area contributed by atoms with Crippen LogP contribution >= 0.6 is 11.8 Å². The summed E-state index contributed by atoms with van der Waals surface area (Å²) in [5.41, 5.74) is 2.13. The van der Waals surface area contributed by atoms with Gasteiger partial charge in [0.15, 0.2) is 0 Å². The first-order valence-electron chi connectivity index (χ1n) is 7.95. The van der Waals surface area contributed by atoms with Crippen LogP contribution in [0, 0.1) is 18.7 Å². The zero-order valence-electron chi connectivity index (χ0n) is 14.4. The second-order valence-electron chi connectivity index (χ2n) is 5.94. The second kappa shape index (κ2) is 8.67. The molecule has 0 aliphatic heterocycles. The van der Waals surface area contributed by atoms with Crippen molar-refractivity contribution in [2.75, 3.05) is 16.4 Å². The van der Waals surface area contributed by atoms with Crippen molar-refractivity contribution in [3.05, 3.63) is 53.8 Å². The number of carbonyl (C=O) groups excluding carboxylic acids is 2. The Morgan fingerprint density at radius 2 is 1.84 bits per heavy atom. The van der Waals surface area contributed by atoms with Crippen LogP contribution in [0.5, 0.6) is 0 Å². The molecule has 2 amide bonds. The molecule has 0 fully saturated rings. The van der Waals surface area contributed by atoms with Crippen LogP contribution in [0.25, 0.3) is 0 Å². The molecule has 2 aromatic carbocycles. The summed E-state index contributed by atoms with van der Waals surface area (Å²) in [5.74, 6) is -0.686. The van der Waals surface area contributed by atoms with E-state index in [1.807, 2.05) is 26.8 Å².